The molecule has 1 saturated carbocycles. The van der Waals surface area contributed by atoms with Gasteiger partial charge in [0.05, 0.1) is 10.0 Å². The Morgan fingerprint density at radius 3 is 2.93 bits per heavy atom. The van der Waals surface area contributed by atoms with Crippen molar-refractivity contribution >= 4 is 35.1 Å². The Kier molecular flexibility index (Phi) is 5.87. The van der Waals surface area contributed by atoms with Gasteiger partial charge in [0.2, 0.25) is 11.9 Å². The molecule has 0 radical (unpaired) electrons. The lowest BCUT2D eigenvalue weighted by molar-refractivity contribution is 0.296. The Bertz CT molecular complexity index is 847. The van der Waals surface area contributed by atoms with Crippen molar-refractivity contribution in [2.45, 2.75) is 37.6 Å². The van der Waals surface area contributed by atoms with E-state index in [1.54, 1.807) is 6.07 Å². The van der Waals surface area contributed by atoms with Gasteiger partial charge in [0, 0.05) is 32.1 Å². The molecule has 2 aliphatic rings. The first-order valence-corrected chi connectivity index (χ1v) is 10.4. The van der Waals surface area contributed by atoms with Gasteiger partial charge in [0.25, 0.3) is 0 Å². The Balaban J connectivity index is 1.46. The summed E-state index contributed by atoms with van der Waals surface area (Å²) in [7, 11) is 1.95. The normalized spacial score (nSPS) is 24.2. The average Bonchev–Trinajstić information content (AvgIpc) is 3.16. The van der Waals surface area contributed by atoms with Crippen molar-refractivity contribution in [3.05, 3.63) is 39.6 Å². The number of likely N-dealkylation sites (N-methyl/N-ethyl adjacent to an activating group) is 1. The van der Waals surface area contributed by atoms with Crippen molar-refractivity contribution in [2.75, 3.05) is 30.8 Å². The van der Waals surface area contributed by atoms with Gasteiger partial charge in [-0.05, 0) is 43.2 Å². The zero-order valence-corrected chi connectivity index (χ0v) is 17.3. The van der Waals surface area contributed by atoms with E-state index in [4.69, 9.17) is 33.9 Å². The van der Waals surface area contributed by atoms with Crippen molar-refractivity contribution in [1.29, 1.82) is 0 Å². The van der Waals surface area contributed by atoms with Gasteiger partial charge in [-0.15, -0.1) is 0 Å². The number of hydrogen-bond donors (Lipinski definition) is 3. The topological polar surface area (TPSA) is 92.0 Å². The lowest BCUT2D eigenvalue weighted by atomic mass is 9.79. The lowest BCUT2D eigenvalue weighted by Crippen LogP contribution is -2.36. The van der Waals surface area contributed by atoms with Crippen LogP contribution in [0.4, 0.5) is 11.9 Å². The minimum Gasteiger partial charge on any atom is -0.368 e. The summed E-state index contributed by atoms with van der Waals surface area (Å²) in [6.45, 7) is 1.74. The van der Waals surface area contributed by atoms with E-state index in [1.807, 2.05) is 24.1 Å². The van der Waals surface area contributed by atoms with Gasteiger partial charge >= 0.3 is 0 Å². The van der Waals surface area contributed by atoms with E-state index in [2.05, 4.69) is 20.8 Å². The van der Waals surface area contributed by atoms with Gasteiger partial charge in [-0.25, -0.2) is 0 Å². The van der Waals surface area contributed by atoms with Gasteiger partial charge in [0.1, 0.15) is 5.82 Å². The van der Waals surface area contributed by atoms with Gasteiger partial charge in [0.15, 0.2) is 0 Å². The van der Waals surface area contributed by atoms with E-state index in [-0.39, 0.29) is 5.95 Å². The van der Waals surface area contributed by atoms with Crippen LogP contribution in [-0.2, 0) is 6.42 Å². The van der Waals surface area contributed by atoms with Crippen LogP contribution in [0.1, 0.15) is 36.6 Å². The number of hydrazine groups is 1. The van der Waals surface area contributed by atoms with Gasteiger partial charge in [-0.3, -0.25) is 10.9 Å². The van der Waals surface area contributed by atoms with Crippen molar-refractivity contribution < 1.29 is 0 Å². The molecule has 4 N–H and O–H groups in total. The molecule has 1 aromatic carbocycles. The fraction of sp³-hybridized carbons (Fsp3) is 0.526. The largest absolute Gasteiger partial charge is 0.368 e. The number of aromatic nitrogens is 3. The number of nitrogens with one attached hydrogen (secondary N) is 2. The first kappa shape index (κ1) is 19.6. The van der Waals surface area contributed by atoms with Gasteiger partial charge < -0.3 is 10.6 Å². The predicted octanol–water partition coefficient (Wildman–Crippen LogP) is 2.80. The molecule has 1 saturated heterocycles. The Morgan fingerprint density at radius 1 is 1.21 bits per heavy atom. The molecule has 2 aromatic rings. The summed E-state index contributed by atoms with van der Waals surface area (Å²) in [6.07, 6.45) is 4.00. The molecule has 1 aliphatic carbocycles. The molecule has 9 heteroatoms. The molecular formula is C19H25Cl2N7. The number of rotatable bonds is 5. The van der Waals surface area contributed by atoms with Crippen molar-refractivity contribution in [1.82, 2.24) is 25.8 Å². The number of fused-ring (bicyclic) bond motifs is 1. The summed E-state index contributed by atoms with van der Waals surface area (Å²) >= 11 is 12.4. The van der Waals surface area contributed by atoms with E-state index in [0.29, 0.717) is 40.4 Å². The van der Waals surface area contributed by atoms with E-state index in [9.17, 15) is 0 Å². The van der Waals surface area contributed by atoms with Crippen molar-refractivity contribution in [2.24, 2.45) is 5.92 Å². The lowest BCUT2D eigenvalue weighted by Gasteiger charge is -2.30. The SMILES string of the molecule is CN(CCc1cccc(Cl)c1Cl)c1nc(N)nc(C2CCC3CNNC3C2)n1. The zero-order valence-electron chi connectivity index (χ0n) is 15.8. The second-order valence-corrected chi connectivity index (χ2v) is 8.42. The Morgan fingerprint density at radius 2 is 2.07 bits per heavy atom. The highest BCUT2D eigenvalue weighted by molar-refractivity contribution is 6.42. The minimum absolute atomic E-state index is 0.271. The monoisotopic (exact) mass is 421 g/mol. The molecule has 3 unspecified atom stereocenters. The summed E-state index contributed by atoms with van der Waals surface area (Å²) in [6, 6.07) is 6.16. The molecule has 2 fully saturated rings. The molecule has 1 aliphatic heterocycles. The minimum atomic E-state index is 0.271. The highest BCUT2D eigenvalue weighted by Gasteiger charge is 2.35. The predicted molar refractivity (Wildman–Crippen MR) is 113 cm³/mol. The first-order valence-electron chi connectivity index (χ1n) is 9.65. The van der Waals surface area contributed by atoms with Crippen LogP contribution in [0.5, 0.6) is 0 Å². The van der Waals surface area contributed by atoms with Crippen molar-refractivity contribution in [3.8, 4) is 0 Å². The van der Waals surface area contributed by atoms with Crippen molar-refractivity contribution in [3.63, 3.8) is 0 Å². The van der Waals surface area contributed by atoms with E-state index >= 15 is 0 Å². The molecule has 0 spiro atoms. The maximum atomic E-state index is 6.30. The van der Waals surface area contributed by atoms with Crippen LogP contribution in [0.25, 0.3) is 0 Å². The smallest absolute Gasteiger partial charge is 0.230 e. The number of nitrogen functional groups attached to an aromatic ring is 1. The van der Waals surface area contributed by atoms with Crippen LogP contribution in [-0.4, -0.2) is 41.1 Å². The van der Waals surface area contributed by atoms with Gasteiger partial charge in [-0.2, -0.15) is 15.0 Å². The maximum Gasteiger partial charge on any atom is 0.230 e. The standard InChI is InChI=1S/C19H25Cl2N7/c1-28(8-7-11-3-2-4-14(20)16(11)21)19-25-17(24-18(22)26-19)12-5-6-13-10-23-27-15(13)9-12/h2-4,12-13,15,23,27H,5-10H2,1H3,(H2,22,24,25,26). The average molecular weight is 422 g/mol. The van der Waals surface area contributed by atoms with Crippen LogP contribution < -0.4 is 21.5 Å². The fourth-order valence-corrected chi connectivity index (χ4v) is 4.50. The molecule has 7 nitrogen and oxygen atoms in total. The third-order valence-electron chi connectivity index (χ3n) is 5.76. The number of anilines is 2. The summed E-state index contributed by atoms with van der Waals surface area (Å²) in [4.78, 5) is 15.5. The number of benzene rings is 1. The Hall–Kier alpha value is -1.67. The molecule has 28 heavy (non-hydrogen) atoms. The molecular weight excluding hydrogens is 397 g/mol. The summed E-state index contributed by atoms with van der Waals surface area (Å²) in [5.41, 5.74) is 13.6. The summed E-state index contributed by atoms with van der Waals surface area (Å²) in [5, 5.41) is 1.17. The molecule has 2 heterocycles. The summed E-state index contributed by atoms with van der Waals surface area (Å²) in [5.74, 6) is 2.66. The van der Waals surface area contributed by atoms with Crippen LogP contribution in [0, 0.1) is 5.92 Å². The van der Waals surface area contributed by atoms with Crippen LogP contribution in [0.15, 0.2) is 18.2 Å². The number of nitrogens with zero attached hydrogens (tertiary/aromatic N) is 4. The van der Waals surface area contributed by atoms with Crippen LogP contribution in [0.2, 0.25) is 10.0 Å². The van der Waals surface area contributed by atoms with Crippen LogP contribution in [0.3, 0.4) is 0 Å². The third-order valence-corrected chi connectivity index (χ3v) is 6.62. The molecule has 150 valence electrons. The third kappa shape index (κ3) is 4.17. The maximum absolute atomic E-state index is 6.30. The quantitative estimate of drug-likeness (QED) is 0.683. The number of hydrogen-bond acceptors (Lipinski definition) is 7. The fourth-order valence-electron chi connectivity index (χ4n) is 4.09. The number of nitrogens with two attached hydrogens (primary N) is 1. The molecule has 1 aromatic heterocycles. The van der Waals surface area contributed by atoms with Gasteiger partial charge in [-0.1, -0.05) is 35.3 Å². The zero-order chi connectivity index (χ0) is 19.7. The molecule has 0 amide bonds. The van der Waals surface area contributed by atoms with Crippen LogP contribution >= 0.6 is 23.2 Å². The second-order valence-electron chi connectivity index (χ2n) is 7.64. The first-order chi connectivity index (χ1) is 13.5. The van der Waals surface area contributed by atoms with E-state index in [0.717, 1.165) is 37.2 Å². The highest BCUT2D eigenvalue weighted by atomic mass is 35.5. The Labute approximate surface area is 175 Å². The summed E-state index contributed by atoms with van der Waals surface area (Å²) < 4.78 is 0. The second kappa shape index (κ2) is 8.37. The van der Waals surface area contributed by atoms with E-state index in [1.165, 1.54) is 6.42 Å². The molecule has 3 atom stereocenters. The molecule has 4 rings (SSSR count). The number of halogens is 2. The van der Waals surface area contributed by atoms with E-state index < -0.39 is 0 Å². The highest BCUT2D eigenvalue weighted by Crippen LogP contribution is 2.36. The molecule has 0 bridgehead atoms.